The second-order valence-electron chi connectivity index (χ2n) is 4.73. The average molecular weight is 250 g/mol. The molecule has 1 aliphatic heterocycles. The van der Waals surface area contributed by atoms with Crippen molar-refractivity contribution >= 4 is 0 Å². The summed E-state index contributed by atoms with van der Waals surface area (Å²) in [6, 6.07) is 7.72. The smallest absolute Gasteiger partial charge is 0.125 e. The molecule has 0 aliphatic carbocycles. The molecule has 1 aromatic rings. The highest BCUT2D eigenvalue weighted by molar-refractivity contribution is 5.34. The first-order valence-corrected chi connectivity index (χ1v) is 6.82. The van der Waals surface area contributed by atoms with Crippen LogP contribution in [-0.2, 0) is 4.74 Å². The minimum absolute atomic E-state index is 0.355. The topological polar surface area (TPSA) is 38.7 Å². The van der Waals surface area contributed by atoms with E-state index in [0.29, 0.717) is 19.1 Å². The Kier molecular flexibility index (Phi) is 5.02. The molecule has 0 amide bonds. The molecule has 1 heterocycles. The summed E-state index contributed by atoms with van der Waals surface area (Å²) in [4.78, 5) is 0. The first-order valence-electron chi connectivity index (χ1n) is 6.82. The van der Waals surface area contributed by atoms with Crippen molar-refractivity contribution in [1.82, 2.24) is 0 Å². The van der Waals surface area contributed by atoms with Gasteiger partial charge in [0.25, 0.3) is 0 Å². The second-order valence-corrected chi connectivity index (χ2v) is 4.73. The van der Waals surface area contributed by atoms with Crippen LogP contribution < -0.4 is 4.74 Å². The van der Waals surface area contributed by atoms with Crippen LogP contribution in [0.2, 0.25) is 0 Å². The Morgan fingerprint density at radius 2 is 2.28 bits per heavy atom. The Labute approximate surface area is 109 Å². The molecule has 1 N–H and O–H groups in total. The minimum atomic E-state index is -0.441. The highest BCUT2D eigenvalue weighted by Crippen LogP contribution is 2.27. The van der Waals surface area contributed by atoms with Crippen LogP contribution >= 0.6 is 0 Å². The van der Waals surface area contributed by atoms with Gasteiger partial charge >= 0.3 is 0 Å². The molecule has 1 fully saturated rings. The molecule has 1 aromatic carbocycles. The van der Waals surface area contributed by atoms with E-state index in [9.17, 15) is 5.11 Å². The van der Waals surface area contributed by atoms with Crippen molar-refractivity contribution in [2.24, 2.45) is 0 Å². The van der Waals surface area contributed by atoms with Crippen molar-refractivity contribution in [2.75, 3.05) is 13.2 Å². The molecule has 0 saturated carbocycles. The van der Waals surface area contributed by atoms with Gasteiger partial charge in [-0.1, -0.05) is 25.1 Å². The molecule has 1 aliphatic rings. The lowest BCUT2D eigenvalue weighted by Gasteiger charge is -2.16. The van der Waals surface area contributed by atoms with Crippen LogP contribution in [-0.4, -0.2) is 24.4 Å². The van der Waals surface area contributed by atoms with Crippen LogP contribution in [0.15, 0.2) is 24.3 Å². The van der Waals surface area contributed by atoms with Crippen molar-refractivity contribution in [2.45, 2.75) is 44.8 Å². The van der Waals surface area contributed by atoms with Crippen molar-refractivity contribution in [1.29, 1.82) is 0 Å². The number of hydrogen-bond donors (Lipinski definition) is 1. The number of ether oxygens (including phenoxy) is 2. The number of hydrogen-bond acceptors (Lipinski definition) is 3. The molecule has 0 radical (unpaired) electrons. The Balaban J connectivity index is 1.87. The first kappa shape index (κ1) is 13.4. The summed E-state index contributed by atoms with van der Waals surface area (Å²) in [5.41, 5.74) is 0.882. The minimum Gasteiger partial charge on any atom is -0.493 e. The highest BCUT2D eigenvalue weighted by Gasteiger charge is 2.16. The highest BCUT2D eigenvalue weighted by atomic mass is 16.5. The van der Waals surface area contributed by atoms with E-state index in [-0.39, 0.29) is 0 Å². The van der Waals surface area contributed by atoms with Crippen LogP contribution in [0.4, 0.5) is 0 Å². The number of aliphatic hydroxyl groups excluding tert-OH is 1. The number of aliphatic hydroxyl groups is 1. The van der Waals surface area contributed by atoms with Gasteiger partial charge in [-0.2, -0.15) is 0 Å². The summed E-state index contributed by atoms with van der Waals surface area (Å²) in [7, 11) is 0. The van der Waals surface area contributed by atoms with E-state index in [4.69, 9.17) is 9.47 Å². The zero-order valence-electron chi connectivity index (χ0n) is 11.0. The lowest BCUT2D eigenvalue weighted by molar-refractivity contribution is 0.0894. The first-order chi connectivity index (χ1) is 8.81. The Morgan fingerprint density at radius 3 is 3.00 bits per heavy atom. The third-order valence-corrected chi connectivity index (χ3v) is 3.39. The summed E-state index contributed by atoms with van der Waals surface area (Å²) in [5, 5.41) is 9.92. The van der Waals surface area contributed by atoms with Crippen molar-refractivity contribution in [3.05, 3.63) is 29.8 Å². The van der Waals surface area contributed by atoms with E-state index in [1.807, 2.05) is 31.2 Å². The standard InChI is InChI=1S/C15H22O3/c1-2-14(16)13-7-3-4-8-15(13)18-11-9-12-6-5-10-17-12/h3-4,7-8,12,14,16H,2,5-6,9-11H2,1H3/t12?,14-/m0/s1. The van der Waals surface area contributed by atoms with Gasteiger partial charge in [-0.25, -0.2) is 0 Å². The van der Waals surface area contributed by atoms with E-state index in [0.717, 1.165) is 37.2 Å². The number of benzene rings is 1. The van der Waals surface area contributed by atoms with Gasteiger partial charge in [0.2, 0.25) is 0 Å². The zero-order chi connectivity index (χ0) is 12.8. The Hall–Kier alpha value is -1.06. The molecule has 0 aromatic heterocycles. The van der Waals surface area contributed by atoms with Crippen molar-refractivity contribution in [3.63, 3.8) is 0 Å². The van der Waals surface area contributed by atoms with Crippen LogP contribution in [0.3, 0.4) is 0 Å². The van der Waals surface area contributed by atoms with Gasteiger partial charge in [0, 0.05) is 18.6 Å². The van der Waals surface area contributed by atoms with Crippen LogP contribution in [0, 0.1) is 0 Å². The maximum absolute atomic E-state index is 9.92. The van der Waals surface area contributed by atoms with Crippen LogP contribution in [0.5, 0.6) is 5.75 Å². The number of rotatable bonds is 6. The largest absolute Gasteiger partial charge is 0.493 e. The quantitative estimate of drug-likeness (QED) is 0.843. The maximum atomic E-state index is 9.92. The second kappa shape index (κ2) is 6.76. The Morgan fingerprint density at radius 1 is 1.44 bits per heavy atom. The summed E-state index contributed by atoms with van der Waals surface area (Å²) >= 11 is 0. The van der Waals surface area contributed by atoms with E-state index >= 15 is 0 Å². The van der Waals surface area contributed by atoms with Crippen LogP contribution in [0.1, 0.15) is 44.3 Å². The number of para-hydroxylation sites is 1. The third-order valence-electron chi connectivity index (χ3n) is 3.39. The summed E-state index contributed by atoms with van der Waals surface area (Å²) in [6.07, 6.45) is 3.85. The fourth-order valence-electron chi connectivity index (χ4n) is 2.28. The predicted molar refractivity (Wildman–Crippen MR) is 70.8 cm³/mol. The molecule has 0 spiro atoms. The third kappa shape index (κ3) is 3.47. The summed E-state index contributed by atoms with van der Waals surface area (Å²) in [6.45, 7) is 3.50. The average Bonchev–Trinajstić information content (AvgIpc) is 2.92. The lowest BCUT2D eigenvalue weighted by atomic mass is 10.1. The monoisotopic (exact) mass is 250 g/mol. The fraction of sp³-hybridized carbons (Fsp3) is 0.600. The van der Waals surface area contributed by atoms with Gasteiger partial charge in [0.15, 0.2) is 0 Å². The van der Waals surface area contributed by atoms with Gasteiger partial charge in [-0.3, -0.25) is 0 Å². The predicted octanol–water partition coefficient (Wildman–Crippen LogP) is 3.08. The van der Waals surface area contributed by atoms with E-state index < -0.39 is 6.10 Å². The summed E-state index contributed by atoms with van der Waals surface area (Å²) < 4.78 is 11.3. The molecule has 1 unspecified atom stereocenters. The van der Waals surface area contributed by atoms with Gasteiger partial charge < -0.3 is 14.6 Å². The fourth-order valence-corrected chi connectivity index (χ4v) is 2.28. The molecule has 2 rings (SSSR count). The molecule has 3 heteroatoms. The van der Waals surface area contributed by atoms with Gasteiger partial charge in [0.05, 0.1) is 18.8 Å². The van der Waals surface area contributed by atoms with Gasteiger partial charge in [-0.05, 0) is 25.3 Å². The molecule has 18 heavy (non-hydrogen) atoms. The molecule has 1 saturated heterocycles. The molecular weight excluding hydrogens is 228 g/mol. The van der Waals surface area contributed by atoms with E-state index in [1.54, 1.807) is 0 Å². The Bertz CT molecular complexity index is 359. The zero-order valence-corrected chi connectivity index (χ0v) is 11.0. The van der Waals surface area contributed by atoms with Gasteiger partial charge in [-0.15, -0.1) is 0 Å². The summed E-state index contributed by atoms with van der Waals surface area (Å²) in [5.74, 6) is 0.796. The normalized spacial score (nSPS) is 20.9. The van der Waals surface area contributed by atoms with Gasteiger partial charge in [0.1, 0.15) is 5.75 Å². The molecule has 3 nitrogen and oxygen atoms in total. The van der Waals surface area contributed by atoms with Crippen LogP contribution in [0.25, 0.3) is 0 Å². The molecule has 100 valence electrons. The SMILES string of the molecule is CC[C@H](O)c1ccccc1OCCC1CCCO1. The molecule has 0 bridgehead atoms. The molecule has 2 atom stereocenters. The van der Waals surface area contributed by atoms with Crippen molar-refractivity contribution < 1.29 is 14.6 Å². The lowest BCUT2D eigenvalue weighted by Crippen LogP contribution is -2.11. The molecular formula is C15H22O3. The van der Waals surface area contributed by atoms with Crippen molar-refractivity contribution in [3.8, 4) is 5.75 Å². The van der Waals surface area contributed by atoms with E-state index in [2.05, 4.69) is 0 Å². The maximum Gasteiger partial charge on any atom is 0.125 e. The van der Waals surface area contributed by atoms with E-state index in [1.165, 1.54) is 0 Å².